The van der Waals surface area contributed by atoms with Gasteiger partial charge in [-0.05, 0) is 24.7 Å². The average Bonchev–Trinajstić information content (AvgIpc) is 2.96. The van der Waals surface area contributed by atoms with Crippen LogP contribution in [0.2, 0.25) is 0 Å². The molecule has 106 valence electrons. The molecule has 1 heterocycles. The van der Waals surface area contributed by atoms with Crippen molar-refractivity contribution in [3.05, 3.63) is 23.8 Å². The highest BCUT2D eigenvalue weighted by Gasteiger charge is 2.16. The van der Waals surface area contributed by atoms with E-state index >= 15 is 0 Å². The smallest absolute Gasteiger partial charge is 0.165 e. The molecule has 4 heteroatoms. The van der Waals surface area contributed by atoms with Crippen molar-refractivity contribution in [3.63, 3.8) is 0 Å². The summed E-state index contributed by atoms with van der Waals surface area (Å²) in [6.07, 6.45) is 2.27. The van der Waals surface area contributed by atoms with E-state index in [4.69, 9.17) is 9.47 Å². The minimum absolute atomic E-state index is 0.634. The SMILES string of the molecule is CCCOc1c(CN[C@@H]2CCSC2)cccc1OC. The van der Waals surface area contributed by atoms with Gasteiger partial charge in [-0.3, -0.25) is 0 Å². The van der Waals surface area contributed by atoms with Crippen molar-refractivity contribution in [2.24, 2.45) is 0 Å². The lowest BCUT2D eigenvalue weighted by molar-refractivity contribution is 0.290. The Kier molecular flexibility index (Phi) is 5.86. The molecule has 0 bridgehead atoms. The molecule has 1 N–H and O–H groups in total. The van der Waals surface area contributed by atoms with E-state index in [1.807, 2.05) is 23.9 Å². The van der Waals surface area contributed by atoms with Crippen LogP contribution in [0.1, 0.15) is 25.3 Å². The standard InChI is InChI=1S/C15H23NO2S/c1-3-8-18-15-12(5-4-6-14(15)17-2)10-16-13-7-9-19-11-13/h4-6,13,16H,3,7-11H2,1-2H3/t13-/m1/s1. The van der Waals surface area contributed by atoms with Crippen LogP contribution in [0.25, 0.3) is 0 Å². The summed E-state index contributed by atoms with van der Waals surface area (Å²) in [6, 6.07) is 6.73. The van der Waals surface area contributed by atoms with Crippen LogP contribution < -0.4 is 14.8 Å². The fraction of sp³-hybridized carbons (Fsp3) is 0.600. The molecule has 2 rings (SSSR count). The molecule has 1 aliphatic rings. The lowest BCUT2D eigenvalue weighted by Crippen LogP contribution is -2.28. The van der Waals surface area contributed by atoms with Crippen molar-refractivity contribution in [2.75, 3.05) is 25.2 Å². The lowest BCUT2D eigenvalue weighted by Gasteiger charge is -2.17. The van der Waals surface area contributed by atoms with Gasteiger partial charge in [0.1, 0.15) is 0 Å². The highest BCUT2D eigenvalue weighted by atomic mass is 32.2. The molecule has 1 atom stereocenters. The topological polar surface area (TPSA) is 30.5 Å². The number of rotatable bonds is 7. The van der Waals surface area contributed by atoms with Crippen molar-refractivity contribution >= 4 is 11.8 Å². The van der Waals surface area contributed by atoms with Crippen LogP contribution in [-0.2, 0) is 6.54 Å². The van der Waals surface area contributed by atoms with Gasteiger partial charge in [-0.1, -0.05) is 19.1 Å². The molecular weight excluding hydrogens is 258 g/mol. The second kappa shape index (κ2) is 7.65. The van der Waals surface area contributed by atoms with Crippen molar-refractivity contribution in [1.82, 2.24) is 5.32 Å². The Hall–Kier alpha value is -0.870. The molecule has 3 nitrogen and oxygen atoms in total. The Morgan fingerprint density at radius 3 is 3.00 bits per heavy atom. The van der Waals surface area contributed by atoms with Gasteiger partial charge in [-0.2, -0.15) is 11.8 Å². The lowest BCUT2D eigenvalue weighted by atomic mass is 10.1. The Balaban J connectivity index is 2.03. The van der Waals surface area contributed by atoms with E-state index in [0.29, 0.717) is 6.04 Å². The number of nitrogens with one attached hydrogen (secondary N) is 1. The molecule has 1 aromatic carbocycles. The van der Waals surface area contributed by atoms with Gasteiger partial charge >= 0.3 is 0 Å². The number of benzene rings is 1. The van der Waals surface area contributed by atoms with E-state index in [9.17, 15) is 0 Å². The van der Waals surface area contributed by atoms with Crippen LogP contribution in [0.3, 0.4) is 0 Å². The molecule has 19 heavy (non-hydrogen) atoms. The number of methoxy groups -OCH3 is 1. The van der Waals surface area contributed by atoms with Crippen LogP contribution >= 0.6 is 11.8 Å². The summed E-state index contributed by atoms with van der Waals surface area (Å²) in [6.45, 7) is 3.69. The number of para-hydroxylation sites is 1. The third-order valence-corrected chi connectivity index (χ3v) is 4.40. The highest BCUT2D eigenvalue weighted by molar-refractivity contribution is 7.99. The number of hydrogen-bond donors (Lipinski definition) is 1. The minimum atomic E-state index is 0.634. The zero-order valence-electron chi connectivity index (χ0n) is 11.8. The summed E-state index contributed by atoms with van der Waals surface area (Å²) in [5, 5.41) is 3.61. The monoisotopic (exact) mass is 281 g/mol. The molecule has 0 saturated carbocycles. The van der Waals surface area contributed by atoms with Gasteiger partial charge in [0.05, 0.1) is 13.7 Å². The van der Waals surface area contributed by atoms with E-state index in [1.165, 1.54) is 23.5 Å². The molecule has 1 fully saturated rings. The molecule has 0 aliphatic carbocycles. The minimum Gasteiger partial charge on any atom is -0.493 e. The summed E-state index contributed by atoms with van der Waals surface area (Å²) < 4.78 is 11.3. The average molecular weight is 281 g/mol. The molecule has 0 aromatic heterocycles. The Labute approximate surface area is 120 Å². The van der Waals surface area contributed by atoms with Gasteiger partial charge in [-0.15, -0.1) is 0 Å². The number of thioether (sulfide) groups is 1. The maximum Gasteiger partial charge on any atom is 0.165 e. The molecule has 0 spiro atoms. The first-order valence-corrected chi connectivity index (χ1v) is 8.10. The third-order valence-electron chi connectivity index (χ3n) is 3.24. The Morgan fingerprint density at radius 1 is 1.42 bits per heavy atom. The van der Waals surface area contributed by atoms with Crippen LogP contribution in [0.15, 0.2) is 18.2 Å². The second-order valence-corrected chi connectivity index (χ2v) is 5.89. The van der Waals surface area contributed by atoms with Crippen LogP contribution in [-0.4, -0.2) is 31.3 Å². The van der Waals surface area contributed by atoms with Crippen molar-refractivity contribution in [2.45, 2.75) is 32.4 Å². The van der Waals surface area contributed by atoms with Gasteiger partial charge in [0, 0.05) is 23.9 Å². The summed E-state index contributed by atoms with van der Waals surface area (Å²) >= 11 is 2.02. The van der Waals surface area contributed by atoms with E-state index in [-0.39, 0.29) is 0 Å². The van der Waals surface area contributed by atoms with Crippen LogP contribution in [0.5, 0.6) is 11.5 Å². The molecule has 1 aliphatic heterocycles. The Bertz CT molecular complexity index is 392. The van der Waals surface area contributed by atoms with Gasteiger partial charge in [-0.25, -0.2) is 0 Å². The first-order chi connectivity index (χ1) is 9.35. The van der Waals surface area contributed by atoms with E-state index in [2.05, 4.69) is 18.3 Å². The highest BCUT2D eigenvalue weighted by Crippen LogP contribution is 2.31. The molecule has 0 unspecified atom stereocenters. The van der Waals surface area contributed by atoms with Gasteiger partial charge in [0.15, 0.2) is 11.5 Å². The zero-order valence-corrected chi connectivity index (χ0v) is 12.6. The maximum atomic E-state index is 5.85. The van der Waals surface area contributed by atoms with Gasteiger partial charge in [0.25, 0.3) is 0 Å². The fourth-order valence-electron chi connectivity index (χ4n) is 2.18. The van der Waals surface area contributed by atoms with E-state index in [1.54, 1.807) is 7.11 Å². The van der Waals surface area contributed by atoms with E-state index in [0.717, 1.165) is 31.1 Å². The zero-order chi connectivity index (χ0) is 13.5. The van der Waals surface area contributed by atoms with Crippen LogP contribution in [0, 0.1) is 0 Å². The second-order valence-electron chi connectivity index (χ2n) is 4.74. The molecule has 0 amide bonds. The maximum absolute atomic E-state index is 5.85. The van der Waals surface area contributed by atoms with Crippen LogP contribution in [0.4, 0.5) is 0 Å². The number of hydrogen-bond acceptors (Lipinski definition) is 4. The summed E-state index contributed by atoms with van der Waals surface area (Å²) in [5.74, 6) is 4.21. The summed E-state index contributed by atoms with van der Waals surface area (Å²) in [5.41, 5.74) is 1.18. The van der Waals surface area contributed by atoms with Gasteiger partial charge in [0.2, 0.25) is 0 Å². The first kappa shape index (κ1) is 14.5. The van der Waals surface area contributed by atoms with Gasteiger partial charge < -0.3 is 14.8 Å². The predicted molar refractivity (Wildman–Crippen MR) is 81.3 cm³/mol. The van der Waals surface area contributed by atoms with Crippen molar-refractivity contribution < 1.29 is 9.47 Å². The van der Waals surface area contributed by atoms with E-state index < -0.39 is 0 Å². The third kappa shape index (κ3) is 4.05. The fourth-order valence-corrected chi connectivity index (χ4v) is 3.37. The molecule has 1 saturated heterocycles. The molecular formula is C15H23NO2S. The summed E-state index contributed by atoms with van der Waals surface area (Å²) in [4.78, 5) is 0. The quantitative estimate of drug-likeness (QED) is 0.832. The predicted octanol–water partition coefficient (Wildman–Crippen LogP) is 3.08. The largest absolute Gasteiger partial charge is 0.493 e. The summed E-state index contributed by atoms with van der Waals surface area (Å²) in [7, 11) is 1.69. The first-order valence-electron chi connectivity index (χ1n) is 6.95. The van der Waals surface area contributed by atoms with Crippen molar-refractivity contribution in [1.29, 1.82) is 0 Å². The molecule has 0 radical (unpaired) electrons. The normalized spacial score (nSPS) is 18.5. The van der Waals surface area contributed by atoms with Crippen molar-refractivity contribution in [3.8, 4) is 11.5 Å². The number of ether oxygens (including phenoxy) is 2. The Morgan fingerprint density at radius 2 is 2.32 bits per heavy atom. The molecule has 1 aromatic rings.